The van der Waals surface area contributed by atoms with Gasteiger partial charge in [-0.3, -0.25) is 5.43 Å². The molecule has 26 heavy (non-hydrogen) atoms. The first-order valence-corrected chi connectivity index (χ1v) is 11.6. The van der Waals surface area contributed by atoms with Crippen LogP contribution in [0.25, 0.3) is 0 Å². The Morgan fingerprint density at radius 2 is 1.31 bits per heavy atom. The minimum absolute atomic E-state index is 1.20. The molecule has 1 aromatic rings. The third-order valence-corrected chi connectivity index (χ3v) is 6.12. The Morgan fingerprint density at radius 3 is 1.96 bits per heavy atom. The Kier molecular flexibility index (Phi) is 10.7. The Bertz CT molecular complexity index is 509. The first-order chi connectivity index (χ1) is 12.8. The minimum Gasteiger partial charge on any atom is -0.294 e. The van der Waals surface area contributed by atoms with Crippen molar-refractivity contribution in [2.75, 3.05) is 4.41 Å². The number of nitrogens with zero attached hydrogens (tertiary/aromatic N) is 1. The van der Waals surface area contributed by atoms with Gasteiger partial charge in [0.2, 0.25) is 0 Å². The molecule has 0 atom stereocenters. The first-order valence-electron chi connectivity index (χ1n) is 10.9. The van der Waals surface area contributed by atoms with Crippen molar-refractivity contribution in [2.24, 2.45) is 0 Å². The molecule has 1 N–H and O–H groups in total. The lowest BCUT2D eigenvalue weighted by molar-refractivity contribution is 0.607. The maximum Gasteiger partial charge on any atom is 0.0704 e. The van der Waals surface area contributed by atoms with Crippen LogP contribution < -0.4 is 9.84 Å². The largest absolute Gasteiger partial charge is 0.294 e. The molecule has 0 aromatic heterocycles. The van der Waals surface area contributed by atoms with Crippen molar-refractivity contribution in [3.8, 4) is 0 Å². The van der Waals surface area contributed by atoms with E-state index in [-0.39, 0.29) is 0 Å². The Labute approximate surface area is 165 Å². The summed E-state index contributed by atoms with van der Waals surface area (Å²) in [6, 6.07) is 9.10. The summed E-state index contributed by atoms with van der Waals surface area (Å²) < 4.78 is 2.19. The van der Waals surface area contributed by atoms with Crippen LogP contribution in [0.2, 0.25) is 0 Å². The second-order valence-corrected chi connectivity index (χ2v) is 8.55. The molecule has 0 saturated carbocycles. The summed E-state index contributed by atoms with van der Waals surface area (Å²) in [5.41, 5.74) is 6.12. The highest BCUT2D eigenvalue weighted by Crippen LogP contribution is 2.33. The summed E-state index contributed by atoms with van der Waals surface area (Å²) in [5.74, 6) is 0. The third-order valence-electron chi connectivity index (χ3n) is 5.07. The topological polar surface area (TPSA) is 15.3 Å². The molecule has 0 unspecified atom stereocenters. The zero-order valence-electron chi connectivity index (χ0n) is 16.9. The normalized spacial score (nSPS) is 13.8. The third kappa shape index (κ3) is 8.07. The van der Waals surface area contributed by atoms with E-state index in [9.17, 15) is 0 Å². The van der Waals surface area contributed by atoms with Crippen LogP contribution in [0.1, 0.15) is 96.5 Å². The maximum absolute atomic E-state index is 3.40. The van der Waals surface area contributed by atoms with Gasteiger partial charge in [-0.15, -0.1) is 0 Å². The van der Waals surface area contributed by atoms with Crippen LogP contribution in [-0.4, -0.2) is 0 Å². The van der Waals surface area contributed by atoms with Crippen LogP contribution in [0.3, 0.4) is 0 Å². The van der Waals surface area contributed by atoms with E-state index in [0.717, 1.165) is 0 Å². The Hall–Kier alpha value is -1.09. The molecular formula is C23H38N2S. The number of hydrogen-bond donors (Lipinski definition) is 1. The number of rotatable bonds is 14. The van der Waals surface area contributed by atoms with E-state index in [0.29, 0.717) is 0 Å². The monoisotopic (exact) mass is 374 g/mol. The molecule has 2 nitrogen and oxygen atoms in total. The van der Waals surface area contributed by atoms with Crippen LogP contribution in [-0.2, 0) is 6.42 Å². The molecule has 0 spiro atoms. The number of hydrogen-bond acceptors (Lipinski definition) is 3. The van der Waals surface area contributed by atoms with E-state index < -0.39 is 0 Å². The first kappa shape index (κ1) is 21.2. The molecule has 2 rings (SSSR count). The average molecular weight is 375 g/mol. The molecule has 146 valence electrons. The van der Waals surface area contributed by atoms with Gasteiger partial charge in [0.1, 0.15) is 0 Å². The number of nitrogens with one attached hydrogen (secondary N) is 1. The molecule has 3 heteroatoms. The molecular weight excluding hydrogens is 336 g/mol. The predicted octanol–water partition coefficient (Wildman–Crippen LogP) is 7.76. The summed E-state index contributed by atoms with van der Waals surface area (Å²) in [6.45, 7) is 4.55. The van der Waals surface area contributed by atoms with Crippen LogP contribution in [0.5, 0.6) is 0 Å². The summed E-state index contributed by atoms with van der Waals surface area (Å²) in [4.78, 5) is 1.46. The smallest absolute Gasteiger partial charge is 0.0704 e. The highest BCUT2D eigenvalue weighted by molar-refractivity contribution is 8.04. The predicted molar refractivity (Wildman–Crippen MR) is 118 cm³/mol. The van der Waals surface area contributed by atoms with Crippen molar-refractivity contribution in [1.82, 2.24) is 5.43 Å². The zero-order chi connectivity index (χ0) is 18.5. The standard InChI is InChI=1S/C23H38N2S/c1-3-5-7-9-11-12-14-21-16-18-22(19-17-21)25-24-20-23(26-25)15-13-10-8-6-4-2/h16-20,24H,3-15H2,1-2H3. The van der Waals surface area contributed by atoms with Crippen LogP contribution in [0.15, 0.2) is 35.4 Å². The van der Waals surface area contributed by atoms with Gasteiger partial charge < -0.3 is 0 Å². The fourth-order valence-corrected chi connectivity index (χ4v) is 4.26. The number of unbranched alkanes of at least 4 members (excludes halogenated alkanes) is 9. The Balaban J connectivity index is 1.63. The lowest BCUT2D eigenvalue weighted by Crippen LogP contribution is -2.22. The van der Waals surface area contributed by atoms with E-state index in [1.165, 1.54) is 99.6 Å². The number of benzene rings is 1. The molecule has 1 heterocycles. The molecule has 0 aliphatic carbocycles. The van der Waals surface area contributed by atoms with Crippen LogP contribution >= 0.6 is 11.9 Å². The highest BCUT2D eigenvalue weighted by Gasteiger charge is 2.15. The van der Waals surface area contributed by atoms with E-state index in [1.54, 1.807) is 0 Å². The summed E-state index contributed by atoms with van der Waals surface area (Å²) in [6.07, 6.45) is 19.6. The zero-order valence-corrected chi connectivity index (χ0v) is 17.8. The quantitative estimate of drug-likeness (QED) is 0.264. The van der Waals surface area contributed by atoms with Gasteiger partial charge in [-0.05, 0) is 43.4 Å². The fraction of sp³-hybridized carbons (Fsp3) is 0.652. The van der Waals surface area contributed by atoms with Crippen molar-refractivity contribution >= 4 is 17.6 Å². The SMILES string of the molecule is CCCCCCCCc1ccc(N2NC=C(CCCCCCC)S2)cc1. The van der Waals surface area contributed by atoms with Gasteiger partial charge in [0.15, 0.2) is 0 Å². The number of hydrazine groups is 1. The molecule has 0 bridgehead atoms. The lowest BCUT2D eigenvalue weighted by atomic mass is 10.0. The average Bonchev–Trinajstić information content (AvgIpc) is 3.14. The number of anilines is 1. The Morgan fingerprint density at radius 1 is 0.731 bits per heavy atom. The minimum atomic E-state index is 1.20. The molecule has 0 amide bonds. The van der Waals surface area contributed by atoms with E-state index >= 15 is 0 Å². The van der Waals surface area contributed by atoms with Gasteiger partial charge >= 0.3 is 0 Å². The van der Waals surface area contributed by atoms with Gasteiger partial charge in [0.25, 0.3) is 0 Å². The van der Waals surface area contributed by atoms with Crippen molar-refractivity contribution in [3.05, 3.63) is 40.9 Å². The molecule has 0 saturated heterocycles. The lowest BCUT2D eigenvalue weighted by Gasteiger charge is -2.17. The maximum atomic E-state index is 3.40. The fourth-order valence-electron chi connectivity index (χ4n) is 3.36. The van der Waals surface area contributed by atoms with Gasteiger partial charge in [-0.25, -0.2) is 4.41 Å². The van der Waals surface area contributed by atoms with Crippen molar-refractivity contribution in [3.63, 3.8) is 0 Å². The van der Waals surface area contributed by atoms with E-state index in [1.807, 2.05) is 11.9 Å². The summed E-state index contributed by atoms with van der Waals surface area (Å²) in [5, 5.41) is 0. The van der Waals surface area contributed by atoms with Crippen molar-refractivity contribution in [2.45, 2.75) is 97.3 Å². The molecule has 0 radical (unpaired) electrons. The van der Waals surface area contributed by atoms with E-state index in [4.69, 9.17) is 0 Å². The van der Waals surface area contributed by atoms with Crippen LogP contribution in [0.4, 0.5) is 5.69 Å². The molecule has 1 aromatic carbocycles. The van der Waals surface area contributed by atoms with Gasteiger partial charge in [-0.2, -0.15) is 0 Å². The summed E-state index contributed by atoms with van der Waals surface area (Å²) >= 11 is 1.85. The molecule has 1 aliphatic heterocycles. The van der Waals surface area contributed by atoms with Gasteiger partial charge in [0, 0.05) is 23.1 Å². The second-order valence-electron chi connectivity index (χ2n) is 7.47. The molecule has 1 aliphatic rings. The second kappa shape index (κ2) is 13.1. The molecule has 0 fully saturated rings. The van der Waals surface area contributed by atoms with Crippen molar-refractivity contribution in [1.29, 1.82) is 0 Å². The van der Waals surface area contributed by atoms with Gasteiger partial charge in [-0.1, -0.05) is 83.8 Å². The number of aryl methyl sites for hydroxylation is 1. The van der Waals surface area contributed by atoms with Crippen molar-refractivity contribution < 1.29 is 0 Å². The number of allylic oxidation sites excluding steroid dienone is 1. The highest BCUT2D eigenvalue weighted by atomic mass is 32.2. The summed E-state index contributed by atoms with van der Waals surface area (Å²) in [7, 11) is 0. The van der Waals surface area contributed by atoms with Gasteiger partial charge in [0.05, 0.1) is 5.69 Å². The van der Waals surface area contributed by atoms with Crippen LogP contribution in [0, 0.1) is 0 Å². The van der Waals surface area contributed by atoms with E-state index in [2.05, 4.69) is 54.2 Å².